The van der Waals surface area contributed by atoms with Crippen LogP contribution in [0.1, 0.15) is 38.4 Å². The molecule has 0 bridgehead atoms. The number of thioether (sulfide) groups is 1. The third-order valence-corrected chi connectivity index (χ3v) is 4.42. The first kappa shape index (κ1) is 16.7. The molecule has 120 valence electrons. The average Bonchev–Trinajstić information content (AvgIpc) is 2.88. The number of rotatable bonds is 7. The second-order valence-corrected chi connectivity index (χ2v) is 7.40. The lowest BCUT2D eigenvalue weighted by Gasteiger charge is -2.19. The number of aromatic nitrogens is 2. The molecule has 0 unspecified atom stereocenters. The van der Waals surface area contributed by atoms with Crippen LogP contribution in [0.2, 0.25) is 0 Å². The van der Waals surface area contributed by atoms with Crippen LogP contribution in [0, 0.1) is 0 Å². The molecular formula is C17H24N2O2S. The zero-order valence-electron chi connectivity index (χ0n) is 13.4. The van der Waals surface area contributed by atoms with Crippen molar-refractivity contribution >= 4 is 11.8 Å². The predicted octanol–water partition coefficient (Wildman–Crippen LogP) is 3.70. The summed E-state index contributed by atoms with van der Waals surface area (Å²) in [6, 6.07) is 8.34. The van der Waals surface area contributed by atoms with Gasteiger partial charge in [0.2, 0.25) is 0 Å². The fourth-order valence-electron chi connectivity index (χ4n) is 2.03. The van der Waals surface area contributed by atoms with Gasteiger partial charge in [-0.05, 0) is 35.3 Å². The Morgan fingerprint density at radius 3 is 2.50 bits per heavy atom. The lowest BCUT2D eigenvalue weighted by molar-refractivity contribution is 0.318. The lowest BCUT2D eigenvalue weighted by Crippen LogP contribution is -2.10. The predicted molar refractivity (Wildman–Crippen MR) is 92.8 cm³/mol. The van der Waals surface area contributed by atoms with Crippen molar-refractivity contribution in [2.24, 2.45) is 0 Å². The molecule has 0 spiro atoms. The van der Waals surface area contributed by atoms with Gasteiger partial charge in [0.15, 0.2) is 0 Å². The van der Waals surface area contributed by atoms with E-state index in [-0.39, 0.29) is 11.1 Å². The molecule has 4 nitrogen and oxygen atoms in total. The number of aromatic amines is 2. The van der Waals surface area contributed by atoms with Gasteiger partial charge in [0.1, 0.15) is 5.75 Å². The van der Waals surface area contributed by atoms with E-state index in [1.165, 1.54) is 5.56 Å². The van der Waals surface area contributed by atoms with Crippen molar-refractivity contribution in [2.75, 3.05) is 12.4 Å². The maximum Gasteiger partial charge on any atom is 0.323 e. The second kappa shape index (κ2) is 7.58. The van der Waals surface area contributed by atoms with Crippen molar-refractivity contribution in [1.29, 1.82) is 0 Å². The summed E-state index contributed by atoms with van der Waals surface area (Å²) < 4.78 is 5.75. The summed E-state index contributed by atoms with van der Waals surface area (Å²) in [6.07, 6.45) is 2.71. The molecule has 0 aliphatic rings. The molecule has 0 saturated heterocycles. The summed E-state index contributed by atoms with van der Waals surface area (Å²) in [5.41, 5.74) is 2.29. The van der Waals surface area contributed by atoms with Crippen LogP contribution in [0.15, 0.2) is 35.3 Å². The molecule has 2 aromatic rings. The van der Waals surface area contributed by atoms with E-state index >= 15 is 0 Å². The van der Waals surface area contributed by atoms with Gasteiger partial charge in [-0.15, -0.1) is 0 Å². The summed E-state index contributed by atoms with van der Waals surface area (Å²) in [7, 11) is 0. The van der Waals surface area contributed by atoms with Gasteiger partial charge in [-0.25, -0.2) is 4.79 Å². The molecule has 22 heavy (non-hydrogen) atoms. The van der Waals surface area contributed by atoms with Gasteiger partial charge in [-0.1, -0.05) is 32.9 Å². The molecule has 0 saturated carbocycles. The highest BCUT2D eigenvalue weighted by Crippen LogP contribution is 2.24. The topological polar surface area (TPSA) is 57.9 Å². The Labute approximate surface area is 135 Å². The van der Waals surface area contributed by atoms with Crippen molar-refractivity contribution in [3.05, 3.63) is 52.2 Å². The van der Waals surface area contributed by atoms with Crippen molar-refractivity contribution in [2.45, 2.75) is 38.4 Å². The fourth-order valence-corrected chi connectivity index (χ4v) is 2.87. The van der Waals surface area contributed by atoms with Crippen LogP contribution in [-0.2, 0) is 11.2 Å². The SMILES string of the molecule is CC(C)(C)c1ccc(OCCCSCc2c[nH]c(=O)[nH]2)cc1. The number of hydrogen-bond donors (Lipinski definition) is 2. The molecule has 1 heterocycles. The van der Waals surface area contributed by atoms with Crippen LogP contribution in [-0.4, -0.2) is 22.3 Å². The van der Waals surface area contributed by atoms with E-state index in [0.29, 0.717) is 6.61 Å². The zero-order chi connectivity index (χ0) is 16.0. The second-order valence-electron chi connectivity index (χ2n) is 6.30. The van der Waals surface area contributed by atoms with Gasteiger partial charge in [0, 0.05) is 17.6 Å². The monoisotopic (exact) mass is 320 g/mol. The number of H-pyrrole nitrogens is 2. The minimum Gasteiger partial charge on any atom is -0.494 e. The number of nitrogens with one attached hydrogen (secondary N) is 2. The third-order valence-electron chi connectivity index (χ3n) is 3.33. The Hall–Kier alpha value is -1.62. The van der Waals surface area contributed by atoms with Crippen LogP contribution in [0.3, 0.4) is 0 Å². The molecule has 0 aliphatic heterocycles. The first-order valence-corrected chi connectivity index (χ1v) is 8.68. The van der Waals surface area contributed by atoms with Crippen LogP contribution < -0.4 is 10.4 Å². The van der Waals surface area contributed by atoms with E-state index < -0.39 is 0 Å². The van der Waals surface area contributed by atoms with Crippen molar-refractivity contribution < 1.29 is 4.74 Å². The van der Waals surface area contributed by atoms with Gasteiger partial charge in [-0.2, -0.15) is 11.8 Å². The molecule has 2 N–H and O–H groups in total. The third kappa shape index (κ3) is 5.30. The number of ether oxygens (including phenoxy) is 1. The van der Waals surface area contributed by atoms with E-state index in [4.69, 9.17) is 4.74 Å². The van der Waals surface area contributed by atoms with Gasteiger partial charge >= 0.3 is 5.69 Å². The van der Waals surface area contributed by atoms with Crippen LogP contribution in [0.4, 0.5) is 0 Å². The van der Waals surface area contributed by atoms with Gasteiger partial charge in [0.05, 0.1) is 6.61 Å². The molecule has 1 aromatic heterocycles. The average molecular weight is 320 g/mol. The maximum absolute atomic E-state index is 10.9. The van der Waals surface area contributed by atoms with E-state index in [1.807, 2.05) is 12.1 Å². The highest BCUT2D eigenvalue weighted by molar-refractivity contribution is 7.98. The number of hydrogen-bond acceptors (Lipinski definition) is 3. The van der Waals surface area contributed by atoms with Gasteiger partial charge in [0.25, 0.3) is 0 Å². The molecule has 0 amide bonds. The van der Waals surface area contributed by atoms with Crippen molar-refractivity contribution in [3.63, 3.8) is 0 Å². The molecule has 2 rings (SSSR count). The number of benzene rings is 1. The summed E-state index contributed by atoms with van der Waals surface area (Å²) >= 11 is 1.79. The molecule has 0 radical (unpaired) electrons. The standard InChI is InChI=1S/C17H24N2O2S/c1-17(2,3)13-5-7-15(8-6-13)21-9-4-10-22-12-14-11-18-16(20)19-14/h5-8,11H,4,9-10,12H2,1-3H3,(H2,18,19,20). The minimum atomic E-state index is -0.141. The zero-order valence-corrected chi connectivity index (χ0v) is 14.3. The smallest absolute Gasteiger partial charge is 0.323 e. The van der Waals surface area contributed by atoms with Gasteiger partial charge in [-0.3, -0.25) is 0 Å². The Morgan fingerprint density at radius 1 is 1.18 bits per heavy atom. The number of imidazole rings is 1. The fraction of sp³-hybridized carbons (Fsp3) is 0.471. The van der Waals surface area contributed by atoms with Crippen molar-refractivity contribution in [3.8, 4) is 5.75 Å². The first-order valence-electron chi connectivity index (χ1n) is 7.53. The summed E-state index contributed by atoms with van der Waals surface area (Å²) in [4.78, 5) is 16.3. The highest BCUT2D eigenvalue weighted by Gasteiger charge is 2.12. The largest absolute Gasteiger partial charge is 0.494 e. The molecular weight excluding hydrogens is 296 g/mol. The van der Waals surface area contributed by atoms with Crippen molar-refractivity contribution in [1.82, 2.24) is 9.97 Å². The van der Waals surface area contributed by atoms with Crippen LogP contribution in [0.5, 0.6) is 5.75 Å². The Morgan fingerprint density at radius 2 is 1.91 bits per heavy atom. The molecule has 0 fully saturated rings. The molecule has 1 aromatic carbocycles. The van der Waals surface area contributed by atoms with E-state index in [2.05, 4.69) is 42.9 Å². The summed E-state index contributed by atoms with van der Waals surface area (Å²) in [6.45, 7) is 7.33. The maximum atomic E-state index is 10.9. The summed E-state index contributed by atoms with van der Waals surface area (Å²) in [5.74, 6) is 2.75. The summed E-state index contributed by atoms with van der Waals surface area (Å²) in [5, 5.41) is 0. The molecule has 0 atom stereocenters. The van der Waals surface area contributed by atoms with Crippen LogP contribution in [0.25, 0.3) is 0 Å². The Balaban J connectivity index is 1.63. The molecule has 0 aliphatic carbocycles. The molecule has 5 heteroatoms. The van der Waals surface area contributed by atoms with E-state index in [0.717, 1.165) is 29.4 Å². The van der Waals surface area contributed by atoms with Gasteiger partial charge < -0.3 is 14.7 Å². The normalized spacial score (nSPS) is 11.6. The van der Waals surface area contributed by atoms with E-state index in [1.54, 1.807) is 18.0 Å². The Kier molecular flexibility index (Phi) is 5.77. The minimum absolute atomic E-state index is 0.141. The Bertz CT molecular complexity index is 623. The van der Waals surface area contributed by atoms with E-state index in [9.17, 15) is 4.79 Å². The van der Waals surface area contributed by atoms with Crippen LogP contribution >= 0.6 is 11.8 Å². The quantitative estimate of drug-likeness (QED) is 0.765. The lowest BCUT2D eigenvalue weighted by atomic mass is 9.87. The highest BCUT2D eigenvalue weighted by atomic mass is 32.2. The first-order chi connectivity index (χ1) is 10.4.